The van der Waals surface area contributed by atoms with Crippen molar-refractivity contribution >= 4 is 33.9 Å². The quantitative estimate of drug-likeness (QED) is 0.625. The van der Waals surface area contributed by atoms with E-state index in [2.05, 4.69) is 98.2 Å². The molecule has 0 aliphatic rings. The van der Waals surface area contributed by atoms with Gasteiger partial charge in [-0.25, -0.2) is 0 Å². The number of rotatable bonds is 4. The van der Waals surface area contributed by atoms with E-state index in [-0.39, 0.29) is 0 Å². The molecule has 0 aliphatic carbocycles. The van der Waals surface area contributed by atoms with Gasteiger partial charge >= 0.3 is 0 Å². The van der Waals surface area contributed by atoms with Crippen molar-refractivity contribution in [3.05, 3.63) is 65.4 Å². The van der Waals surface area contributed by atoms with Gasteiger partial charge in [-0.1, -0.05) is 35.9 Å². The molecule has 3 aromatic rings. The summed E-state index contributed by atoms with van der Waals surface area (Å²) in [4.78, 5) is 2.25. The molecule has 1 heterocycles. The maximum atomic E-state index is 5.76. The number of hydrogen-bond donors (Lipinski definition) is 1. The molecule has 3 nitrogen and oxygen atoms in total. The summed E-state index contributed by atoms with van der Waals surface area (Å²) < 4.78 is 2.18. The van der Waals surface area contributed by atoms with Crippen molar-refractivity contribution in [1.29, 1.82) is 0 Å². The standard InChI is InChI=1S/C22H27N3S/c1-15(2)25(22(26)23-20-11-10-16(3)12-17(20)4)14-18-13-24(5)21-9-7-6-8-19(18)21/h6-13,15H,14H2,1-5H3,(H,23,26). The highest BCUT2D eigenvalue weighted by Gasteiger charge is 2.17. The highest BCUT2D eigenvalue weighted by molar-refractivity contribution is 7.80. The number of thiocarbonyl (C=S) groups is 1. The molecule has 0 bridgehead atoms. The van der Waals surface area contributed by atoms with Crippen LogP contribution in [0.3, 0.4) is 0 Å². The topological polar surface area (TPSA) is 20.2 Å². The van der Waals surface area contributed by atoms with Crippen LogP contribution >= 0.6 is 12.2 Å². The molecular formula is C22H27N3S. The van der Waals surface area contributed by atoms with Gasteiger partial charge < -0.3 is 14.8 Å². The van der Waals surface area contributed by atoms with E-state index in [0.717, 1.165) is 17.3 Å². The van der Waals surface area contributed by atoms with E-state index < -0.39 is 0 Å². The molecule has 26 heavy (non-hydrogen) atoms. The predicted octanol–water partition coefficient (Wildman–Crippen LogP) is 5.40. The van der Waals surface area contributed by atoms with Crippen LogP contribution in [0.4, 0.5) is 5.69 Å². The van der Waals surface area contributed by atoms with E-state index in [4.69, 9.17) is 12.2 Å². The molecule has 1 N–H and O–H groups in total. The van der Waals surface area contributed by atoms with Gasteiger partial charge in [-0.05, 0) is 63.2 Å². The number of para-hydroxylation sites is 1. The van der Waals surface area contributed by atoms with Crippen LogP contribution in [0.1, 0.15) is 30.5 Å². The minimum atomic E-state index is 0.305. The van der Waals surface area contributed by atoms with Crippen molar-refractivity contribution in [2.24, 2.45) is 7.05 Å². The molecule has 2 aromatic carbocycles. The highest BCUT2D eigenvalue weighted by Crippen LogP contribution is 2.23. The third kappa shape index (κ3) is 3.75. The average Bonchev–Trinajstić information content (AvgIpc) is 2.91. The maximum Gasteiger partial charge on any atom is 0.173 e. The summed E-state index contributed by atoms with van der Waals surface area (Å²) in [5.41, 5.74) is 6.09. The Morgan fingerprint density at radius 1 is 1.15 bits per heavy atom. The number of hydrogen-bond acceptors (Lipinski definition) is 1. The summed E-state index contributed by atoms with van der Waals surface area (Å²) in [6.07, 6.45) is 2.21. The number of aryl methyl sites for hydroxylation is 3. The van der Waals surface area contributed by atoms with Crippen LogP contribution in [0, 0.1) is 13.8 Å². The zero-order valence-corrected chi connectivity index (χ0v) is 17.0. The Balaban J connectivity index is 1.85. The largest absolute Gasteiger partial charge is 0.350 e. The summed E-state index contributed by atoms with van der Waals surface area (Å²) in [5, 5.41) is 5.50. The molecule has 136 valence electrons. The van der Waals surface area contributed by atoms with Crippen molar-refractivity contribution in [3.63, 3.8) is 0 Å². The lowest BCUT2D eigenvalue weighted by Crippen LogP contribution is -2.39. The molecule has 0 fully saturated rings. The van der Waals surface area contributed by atoms with Gasteiger partial charge in [0.25, 0.3) is 0 Å². The Labute approximate surface area is 161 Å². The smallest absolute Gasteiger partial charge is 0.173 e. The fourth-order valence-electron chi connectivity index (χ4n) is 3.36. The van der Waals surface area contributed by atoms with E-state index in [1.165, 1.54) is 27.6 Å². The zero-order chi connectivity index (χ0) is 18.8. The molecule has 3 rings (SSSR count). The monoisotopic (exact) mass is 365 g/mol. The molecule has 0 unspecified atom stereocenters. The highest BCUT2D eigenvalue weighted by atomic mass is 32.1. The fourth-order valence-corrected chi connectivity index (χ4v) is 3.75. The number of benzene rings is 2. The Bertz CT molecular complexity index is 940. The summed E-state index contributed by atoms with van der Waals surface area (Å²) in [6, 6.07) is 15.2. The molecule has 0 saturated carbocycles. The first-order chi connectivity index (χ1) is 12.4. The molecule has 0 amide bonds. The van der Waals surface area contributed by atoms with Crippen molar-refractivity contribution in [2.45, 2.75) is 40.3 Å². The number of fused-ring (bicyclic) bond motifs is 1. The van der Waals surface area contributed by atoms with E-state index in [1.807, 2.05) is 0 Å². The van der Waals surface area contributed by atoms with Gasteiger partial charge in [-0.15, -0.1) is 0 Å². The normalized spacial score (nSPS) is 11.2. The van der Waals surface area contributed by atoms with Crippen molar-refractivity contribution < 1.29 is 0 Å². The first-order valence-corrected chi connectivity index (χ1v) is 9.45. The zero-order valence-electron chi connectivity index (χ0n) is 16.2. The van der Waals surface area contributed by atoms with Crippen molar-refractivity contribution in [3.8, 4) is 0 Å². The van der Waals surface area contributed by atoms with Gasteiger partial charge in [0.2, 0.25) is 0 Å². The van der Waals surface area contributed by atoms with Gasteiger partial charge in [-0.3, -0.25) is 0 Å². The summed E-state index contributed by atoms with van der Waals surface area (Å²) in [5.74, 6) is 0. The van der Waals surface area contributed by atoms with Crippen LogP contribution in [0.5, 0.6) is 0 Å². The third-order valence-electron chi connectivity index (χ3n) is 4.83. The van der Waals surface area contributed by atoms with E-state index in [1.54, 1.807) is 0 Å². The lowest BCUT2D eigenvalue weighted by atomic mass is 10.1. The number of nitrogens with zero attached hydrogens (tertiary/aromatic N) is 2. The van der Waals surface area contributed by atoms with Crippen LogP contribution in [-0.4, -0.2) is 20.6 Å². The van der Waals surface area contributed by atoms with E-state index in [0.29, 0.717) is 6.04 Å². The van der Waals surface area contributed by atoms with Gasteiger partial charge in [0, 0.05) is 42.4 Å². The van der Waals surface area contributed by atoms with Crippen LogP contribution in [0.15, 0.2) is 48.7 Å². The van der Waals surface area contributed by atoms with Crippen LogP contribution in [0.2, 0.25) is 0 Å². The second-order valence-electron chi connectivity index (χ2n) is 7.25. The minimum Gasteiger partial charge on any atom is -0.350 e. The average molecular weight is 366 g/mol. The predicted molar refractivity (Wildman–Crippen MR) is 116 cm³/mol. The van der Waals surface area contributed by atoms with Gasteiger partial charge in [0.05, 0.1) is 0 Å². The second-order valence-corrected chi connectivity index (χ2v) is 7.64. The van der Waals surface area contributed by atoms with Gasteiger partial charge in [-0.2, -0.15) is 0 Å². The van der Waals surface area contributed by atoms with Crippen LogP contribution < -0.4 is 5.32 Å². The molecular weight excluding hydrogens is 338 g/mol. The molecule has 0 atom stereocenters. The lowest BCUT2D eigenvalue weighted by molar-refractivity contribution is 0.349. The first-order valence-electron chi connectivity index (χ1n) is 9.04. The van der Waals surface area contributed by atoms with Crippen LogP contribution in [-0.2, 0) is 13.6 Å². The SMILES string of the molecule is Cc1ccc(NC(=S)N(Cc2cn(C)c3ccccc23)C(C)C)c(C)c1. The molecule has 1 aromatic heterocycles. The Morgan fingerprint density at radius 2 is 1.88 bits per heavy atom. The summed E-state index contributed by atoms with van der Waals surface area (Å²) >= 11 is 5.76. The second kappa shape index (κ2) is 7.50. The molecule has 4 heteroatoms. The molecule has 0 spiro atoms. The van der Waals surface area contributed by atoms with E-state index >= 15 is 0 Å². The minimum absolute atomic E-state index is 0.305. The molecule has 0 radical (unpaired) electrons. The number of aromatic nitrogens is 1. The van der Waals surface area contributed by atoms with Gasteiger partial charge in [0.1, 0.15) is 0 Å². The Hall–Kier alpha value is -2.33. The van der Waals surface area contributed by atoms with Crippen LogP contribution in [0.25, 0.3) is 10.9 Å². The summed E-state index contributed by atoms with van der Waals surface area (Å²) in [6.45, 7) is 9.37. The Kier molecular flexibility index (Phi) is 5.33. The molecule has 0 saturated heterocycles. The van der Waals surface area contributed by atoms with E-state index in [9.17, 15) is 0 Å². The van der Waals surface area contributed by atoms with Gasteiger partial charge in [0.15, 0.2) is 5.11 Å². The molecule has 0 aliphatic heterocycles. The fraction of sp³-hybridized carbons (Fsp3) is 0.318. The number of anilines is 1. The third-order valence-corrected chi connectivity index (χ3v) is 5.16. The first kappa shape index (κ1) is 18.5. The number of nitrogens with one attached hydrogen (secondary N) is 1. The lowest BCUT2D eigenvalue weighted by Gasteiger charge is -2.30. The maximum absolute atomic E-state index is 5.76. The van der Waals surface area contributed by atoms with Crippen molar-refractivity contribution in [1.82, 2.24) is 9.47 Å². The Morgan fingerprint density at radius 3 is 2.58 bits per heavy atom. The van der Waals surface area contributed by atoms with Crippen molar-refractivity contribution in [2.75, 3.05) is 5.32 Å². The summed E-state index contributed by atoms with van der Waals surface area (Å²) in [7, 11) is 2.10.